The topological polar surface area (TPSA) is 44.8 Å². The normalized spacial score (nSPS) is 20.5. The van der Waals surface area contributed by atoms with Crippen LogP contribution in [0.2, 0.25) is 0 Å². The van der Waals surface area contributed by atoms with Crippen LogP contribution >= 0.6 is 0 Å². The second kappa shape index (κ2) is 6.16. The number of nitrogens with zero attached hydrogens (tertiary/aromatic N) is 2. The van der Waals surface area contributed by atoms with Gasteiger partial charge in [-0.1, -0.05) is 0 Å². The Morgan fingerprint density at radius 3 is 2.36 bits per heavy atom. The van der Waals surface area contributed by atoms with Crippen molar-refractivity contribution < 1.29 is 9.53 Å². The fraction of sp³-hybridized carbons (Fsp3) is 0.588. The monoisotopic (exact) mass is 303 g/mol. The minimum absolute atomic E-state index is 0.0553. The predicted molar refractivity (Wildman–Crippen MR) is 88.5 cm³/mol. The Hall–Kier alpha value is -1.75. The summed E-state index contributed by atoms with van der Waals surface area (Å²) >= 11 is 0. The largest absolute Gasteiger partial charge is 0.375 e. The molecule has 2 heterocycles. The maximum atomic E-state index is 12.1. The third-order valence-corrected chi connectivity index (χ3v) is 4.67. The van der Waals surface area contributed by atoms with Crippen molar-refractivity contribution in [3.05, 3.63) is 24.3 Å². The number of carbonyl (C=O) groups excluding carboxylic acids is 1. The van der Waals surface area contributed by atoms with E-state index in [1.54, 1.807) is 12.0 Å². The van der Waals surface area contributed by atoms with Gasteiger partial charge in [-0.3, -0.25) is 0 Å². The van der Waals surface area contributed by atoms with E-state index in [0.29, 0.717) is 13.1 Å². The third-order valence-electron chi connectivity index (χ3n) is 4.67. The summed E-state index contributed by atoms with van der Waals surface area (Å²) < 4.78 is 5.36. The smallest absolute Gasteiger partial charge is 0.322 e. The van der Waals surface area contributed by atoms with Gasteiger partial charge in [0.1, 0.15) is 5.60 Å². The molecule has 2 saturated heterocycles. The second-order valence-electron chi connectivity index (χ2n) is 6.53. The van der Waals surface area contributed by atoms with Crippen LogP contribution in [0.1, 0.15) is 26.2 Å². The summed E-state index contributed by atoms with van der Waals surface area (Å²) in [5.74, 6) is 0. The standard InChI is InChI=1S/C17H25N3O2/c1-17(22-2)12-20(13-17)16(21)18-14-6-8-15(9-7-14)19-10-4-3-5-11-19/h6-9H,3-5,10-13H2,1-2H3,(H,18,21). The highest BCUT2D eigenvalue weighted by molar-refractivity contribution is 5.90. The van der Waals surface area contributed by atoms with Gasteiger partial charge < -0.3 is 19.9 Å². The Bertz CT molecular complexity index is 517. The number of anilines is 2. The molecule has 1 aromatic rings. The highest BCUT2D eigenvalue weighted by Gasteiger charge is 2.41. The van der Waals surface area contributed by atoms with Gasteiger partial charge in [0.2, 0.25) is 0 Å². The molecule has 5 heteroatoms. The van der Waals surface area contributed by atoms with E-state index >= 15 is 0 Å². The molecule has 0 bridgehead atoms. The lowest BCUT2D eigenvalue weighted by Crippen LogP contribution is -2.63. The minimum atomic E-state index is -0.185. The van der Waals surface area contributed by atoms with Crippen molar-refractivity contribution >= 4 is 17.4 Å². The Morgan fingerprint density at radius 2 is 1.77 bits per heavy atom. The number of methoxy groups -OCH3 is 1. The number of amides is 2. The van der Waals surface area contributed by atoms with Crippen LogP contribution in [0.5, 0.6) is 0 Å². The van der Waals surface area contributed by atoms with Gasteiger partial charge in [0.15, 0.2) is 0 Å². The van der Waals surface area contributed by atoms with Crippen molar-refractivity contribution in [2.24, 2.45) is 0 Å². The molecule has 5 nitrogen and oxygen atoms in total. The minimum Gasteiger partial charge on any atom is -0.375 e. The van der Waals surface area contributed by atoms with E-state index in [0.717, 1.165) is 18.8 Å². The number of hydrogen-bond acceptors (Lipinski definition) is 3. The molecule has 2 aliphatic heterocycles. The molecule has 0 saturated carbocycles. The lowest BCUT2D eigenvalue weighted by atomic mass is 9.97. The van der Waals surface area contributed by atoms with Crippen LogP contribution in [0.3, 0.4) is 0 Å². The molecule has 120 valence electrons. The fourth-order valence-electron chi connectivity index (χ4n) is 3.14. The lowest BCUT2D eigenvalue weighted by molar-refractivity contribution is -0.0891. The molecule has 0 aromatic heterocycles. The number of piperidine rings is 1. The van der Waals surface area contributed by atoms with Gasteiger partial charge in [-0.25, -0.2) is 4.79 Å². The summed E-state index contributed by atoms with van der Waals surface area (Å²) in [6.45, 7) is 5.57. The van der Waals surface area contributed by atoms with E-state index in [9.17, 15) is 4.79 Å². The molecule has 1 N–H and O–H groups in total. The summed E-state index contributed by atoms with van der Waals surface area (Å²) in [7, 11) is 1.69. The van der Waals surface area contributed by atoms with Crippen molar-refractivity contribution in [3.63, 3.8) is 0 Å². The van der Waals surface area contributed by atoms with Crippen LogP contribution < -0.4 is 10.2 Å². The van der Waals surface area contributed by atoms with Gasteiger partial charge in [-0.15, -0.1) is 0 Å². The first-order valence-corrected chi connectivity index (χ1v) is 8.06. The SMILES string of the molecule is COC1(C)CN(C(=O)Nc2ccc(N3CCCCC3)cc2)C1. The Kier molecular flexibility index (Phi) is 4.25. The van der Waals surface area contributed by atoms with Crippen molar-refractivity contribution in [1.82, 2.24) is 4.90 Å². The number of rotatable bonds is 3. The number of urea groups is 1. The van der Waals surface area contributed by atoms with Crippen molar-refractivity contribution in [2.45, 2.75) is 31.8 Å². The summed E-state index contributed by atoms with van der Waals surface area (Å²) in [6, 6.07) is 8.10. The summed E-state index contributed by atoms with van der Waals surface area (Å²) in [5, 5.41) is 2.95. The number of likely N-dealkylation sites (tertiary alicyclic amines) is 1. The van der Waals surface area contributed by atoms with Gasteiger partial charge >= 0.3 is 6.03 Å². The molecule has 0 atom stereocenters. The Labute approximate surface area is 132 Å². The zero-order valence-electron chi connectivity index (χ0n) is 13.5. The van der Waals surface area contributed by atoms with Crippen LogP contribution in [-0.2, 0) is 4.74 Å². The molecule has 22 heavy (non-hydrogen) atoms. The molecular weight excluding hydrogens is 278 g/mol. The first kappa shape index (κ1) is 15.2. The molecule has 0 unspecified atom stereocenters. The van der Waals surface area contributed by atoms with E-state index in [1.165, 1.54) is 24.9 Å². The summed E-state index contributed by atoms with van der Waals surface area (Å²) in [6.07, 6.45) is 3.87. The van der Waals surface area contributed by atoms with Crippen molar-refractivity contribution in [2.75, 3.05) is 43.5 Å². The van der Waals surface area contributed by atoms with Crippen LogP contribution in [0, 0.1) is 0 Å². The van der Waals surface area contributed by atoms with Crippen LogP contribution in [-0.4, -0.2) is 49.8 Å². The molecule has 0 aliphatic carbocycles. The predicted octanol–water partition coefficient (Wildman–Crippen LogP) is 2.93. The number of nitrogens with one attached hydrogen (secondary N) is 1. The van der Waals surface area contributed by atoms with E-state index in [1.807, 2.05) is 19.1 Å². The Morgan fingerprint density at radius 1 is 1.14 bits per heavy atom. The van der Waals surface area contributed by atoms with Gasteiger partial charge in [0.25, 0.3) is 0 Å². The van der Waals surface area contributed by atoms with Crippen LogP contribution in [0.4, 0.5) is 16.2 Å². The second-order valence-corrected chi connectivity index (χ2v) is 6.53. The number of benzene rings is 1. The van der Waals surface area contributed by atoms with E-state index in [2.05, 4.69) is 22.3 Å². The molecular formula is C17H25N3O2. The van der Waals surface area contributed by atoms with Crippen molar-refractivity contribution in [3.8, 4) is 0 Å². The van der Waals surface area contributed by atoms with Crippen LogP contribution in [0.25, 0.3) is 0 Å². The molecule has 0 spiro atoms. The zero-order valence-corrected chi connectivity index (χ0v) is 13.5. The fourth-order valence-corrected chi connectivity index (χ4v) is 3.14. The maximum Gasteiger partial charge on any atom is 0.322 e. The number of hydrogen-bond donors (Lipinski definition) is 1. The summed E-state index contributed by atoms with van der Waals surface area (Å²) in [5.41, 5.74) is 1.90. The first-order chi connectivity index (χ1) is 10.6. The average molecular weight is 303 g/mol. The van der Waals surface area contributed by atoms with Gasteiger partial charge in [0, 0.05) is 31.6 Å². The van der Waals surface area contributed by atoms with Gasteiger partial charge in [0.05, 0.1) is 13.1 Å². The Balaban J connectivity index is 1.54. The van der Waals surface area contributed by atoms with Crippen LogP contribution in [0.15, 0.2) is 24.3 Å². The highest BCUT2D eigenvalue weighted by Crippen LogP contribution is 2.25. The van der Waals surface area contributed by atoms with Gasteiger partial charge in [-0.05, 0) is 50.5 Å². The molecule has 2 fully saturated rings. The maximum absolute atomic E-state index is 12.1. The lowest BCUT2D eigenvalue weighted by Gasteiger charge is -2.46. The molecule has 3 rings (SSSR count). The quantitative estimate of drug-likeness (QED) is 0.934. The third kappa shape index (κ3) is 3.19. The molecule has 1 aromatic carbocycles. The molecule has 2 aliphatic rings. The number of carbonyl (C=O) groups is 1. The average Bonchev–Trinajstić information content (AvgIpc) is 2.53. The van der Waals surface area contributed by atoms with E-state index in [4.69, 9.17) is 4.74 Å². The molecule has 0 radical (unpaired) electrons. The number of ether oxygens (including phenoxy) is 1. The van der Waals surface area contributed by atoms with E-state index < -0.39 is 0 Å². The first-order valence-electron chi connectivity index (χ1n) is 8.06. The highest BCUT2D eigenvalue weighted by atomic mass is 16.5. The van der Waals surface area contributed by atoms with Gasteiger partial charge in [-0.2, -0.15) is 0 Å². The van der Waals surface area contributed by atoms with Crippen molar-refractivity contribution in [1.29, 1.82) is 0 Å². The van der Waals surface area contributed by atoms with E-state index in [-0.39, 0.29) is 11.6 Å². The molecule has 2 amide bonds. The summed E-state index contributed by atoms with van der Waals surface area (Å²) in [4.78, 5) is 16.3. The zero-order chi connectivity index (χ0) is 15.6.